The summed E-state index contributed by atoms with van der Waals surface area (Å²) >= 11 is 0. The number of pyridine rings is 1. The van der Waals surface area contributed by atoms with Crippen LogP contribution in [0.15, 0.2) is 29.4 Å². The molecule has 1 aliphatic heterocycles. The van der Waals surface area contributed by atoms with Crippen molar-refractivity contribution in [3.63, 3.8) is 0 Å². The Morgan fingerprint density at radius 3 is 2.71 bits per heavy atom. The van der Waals surface area contributed by atoms with Gasteiger partial charge < -0.3 is 20.1 Å². The van der Waals surface area contributed by atoms with Crippen molar-refractivity contribution in [2.24, 2.45) is 4.99 Å². The second-order valence-electron chi connectivity index (χ2n) is 7.00. The van der Waals surface area contributed by atoms with Crippen LogP contribution in [0.2, 0.25) is 0 Å². The van der Waals surface area contributed by atoms with Gasteiger partial charge in [-0.15, -0.1) is 0 Å². The van der Waals surface area contributed by atoms with Crippen LogP contribution in [-0.4, -0.2) is 47.1 Å². The highest BCUT2D eigenvalue weighted by molar-refractivity contribution is 5.97. The zero-order valence-corrected chi connectivity index (χ0v) is 17.6. The lowest BCUT2D eigenvalue weighted by atomic mass is 10.1. The molecule has 160 valence electrons. The molecule has 0 aliphatic carbocycles. The summed E-state index contributed by atoms with van der Waals surface area (Å²) in [5, 5.41) is 6.72. The maximum absolute atomic E-state index is 12.8. The van der Waals surface area contributed by atoms with E-state index in [0.717, 1.165) is 16.8 Å². The Labute approximate surface area is 177 Å². The quantitative estimate of drug-likeness (QED) is 0.659. The summed E-state index contributed by atoms with van der Waals surface area (Å²) in [5.41, 5.74) is 1.95. The first-order chi connectivity index (χ1) is 14.9. The highest BCUT2D eigenvalue weighted by atomic mass is 16.5. The molecule has 4 rings (SSSR count). The Bertz CT molecular complexity index is 1260. The van der Waals surface area contributed by atoms with Crippen molar-refractivity contribution in [3.8, 4) is 11.5 Å². The number of amides is 2. The maximum atomic E-state index is 12.8. The molecule has 0 fully saturated rings. The average molecular weight is 422 g/mol. The zero-order chi connectivity index (χ0) is 22.1. The molecule has 0 radical (unpaired) electrons. The van der Waals surface area contributed by atoms with E-state index in [1.165, 1.54) is 13.1 Å². The van der Waals surface area contributed by atoms with Gasteiger partial charge in [0.25, 0.3) is 5.91 Å². The highest BCUT2D eigenvalue weighted by Crippen LogP contribution is 2.38. The van der Waals surface area contributed by atoms with Crippen molar-refractivity contribution in [3.05, 3.63) is 41.1 Å². The molecule has 3 aromatic rings. The number of nitrogens with zero attached hydrogens (tertiary/aromatic N) is 4. The Balaban J connectivity index is 1.85. The summed E-state index contributed by atoms with van der Waals surface area (Å²) in [5.74, 6) is 1.69. The van der Waals surface area contributed by atoms with Gasteiger partial charge in [-0.25, -0.2) is 9.97 Å². The molecule has 10 heteroatoms. The molecule has 2 aromatic heterocycles. The molecule has 0 saturated carbocycles. The fourth-order valence-electron chi connectivity index (χ4n) is 3.58. The van der Waals surface area contributed by atoms with Gasteiger partial charge in [0.05, 0.1) is 19.8 Å². The Kier molecular flexibility index (Phi) is 5.28. The van der Waals surface area contributed by atoms with Gasteiger partial charge in [0, 0.05) is 37.2 Å². The van der Waals surface area contributed by atoms with Crippen molar-refractivity contribution in [2.75, 3.05) is 31.4 Å². The van der Waals surface area contributed by atoms with Gasteiger partial charge in [0.2, 0.25) is 11.5 Å². The summed E-state index contributed by atoms with van der Waals surface area (Å²) in [6, 6.07) is 5.01. The number of anilines is 2. The first kappa shape index (κ1) is 20.3. The van der Waals surface area contributed by atoms with E-state index in [4.69, 9.17) is 9.47 Å². The largest absolute Gasteiger partial charge is 0.496 e. The molecule has 2 N–H and O–H groups in total. The summed E-state index contributed by atoms with van der Waals surface area (Å²) in [6.45, 7) is 4.57. The molecule has 31 heavy (non-hydrogen) atoms. The molecule has 1 aliphatic rings. The predicted octanol–water partition coefficient (Wildman–Crippen LogP) is 1.88. The summed E-state index contributed by atoms with van der Waals surface area (Å²) in [6.07, 6.45) is 1.37. The van der Waals surface area contributed by atoms with E-state index in [-0.39, 0.29) is 17.1 Å². The normalized spacial score (nSPS) is 13.0. The SMILES string of the molecule is COc1cc2c3n(c(=NC(=O)c4ccc(NC(C)=O)nc4)nc2c(OC)c1C)CCN3. The van der Waals surface area contributed by atoms with Gasteiger partial charge in [0.15, 0.2) is 5.75 Å². The van der Waals surface area contributed by atoms with E-state index in [1.54, 1.807) is 26.4 Å². The summed E-state index contributed by atoms with van der Waals surface area (Å²) < 4.78 is 12.9. The molecule has 2 amide bonds. The molecular formula is C21H22N6O4. The minimum atomic E-state index is -0.487. The summed E-state index contributed by atoms with van der Waals surface area (Å²) in [7, 11) is 3.18. The van der Waals surface area contributed by atoms with Gasteiger partial charge in [-0.1, -0.05) is 0 Å². The van der Waals surface area contributed by atoms with Crippen LogP contribution in [0.4, 0.5) is 11.6 Å². The number of rotatable bonds is 4. The zero-order valence-electron chi connectivity index (χ0n) is 17.6. The fraction of sp³-hybridized carbons (Fsp3) is 0.286. The van der Waals surface area contributed by atoms with Crippen molar-refractivity contribution in [2.45, 2.75) is 20.4 Å². The third kappa shape index (κ3) is 3.67. The van der Waals surface area contributed by atoms with Gasteiger partial charge in [0.1, 0.15) is 22.9 Å². The molecular weight excluding hydrogens is 400 g/mol. The second-order valence-corrected chi connectivity index (χ2v) is 7.00. The minimum Gasteiger partial charge on any atom is -0.496 e. The van der Waals surface area contributed by atoms with Crippen LogP contribution in [-0.2, 0) is 11.3 Å². The minimum absolute atomic E-state index is 0.239. The molecule has 0 bridgehead atoms. The van der Waals surface area contributed by atoms with Crippen LogP contribution in [0.1, 0.15) is 22.8 Å². The van der Waals surface area contributed by atoms with Gasteiger partial charge in [-0.2, -0.15) is 4.99 Å². The van der Waals surface area contributed by atoms with Crippen molar-refractivity contribution >= 4 is 34.4 Å². The number of methoxy groups -OCH3 is 2. The number of benzene rings is 1. The second kappa shape index (κ2) is 8.05. The number of carbonyl (C=O) groups is 2. The highest BCUT2D eigenvalue weighted by Gasteiger charge is 2.21. The maximum Gasteiger partial charge on any atom is 0.281 e. The molecule has 0 spiro atoms. The van der Waals surface area contributed by atoms with Gasteiger partial charge >= 0.3 is 0 Å². The van der Waals surface area contributed by atoms with E-state index >= 15 is 0 Å². The van der Waals surface area contributed by atoms with Gasteiger partial charge in [-0.05, 0) is 25.1 Å². The third-order valence-corrected chi connectivity index (χ3v) is 5.00. The van der Waals surface area contributed by atoms with Crippen LogP contribution in [0, 0.1) is 6.92 Å². The summed E-state index contributed by atoms with van der Waals surface area (Å²) in [4.78, 5) is 36.9. The lowest BCUT2D eigenvalue weighted by Gasteiger charge is -2.15. The van der Waals surface area contributed by atoms with Crippen molar-refractivity contribution in [1.82, 2.24) is 14.5 Å². The van der Waals surface area contributed by atoms with Crippen LogP contribution >= 0.6 is 0 Å². The number of ether oxygens (including phenoxy) is 2. The number of fused-ring (bicyclic) bond motifs is 3. The van der Waals surface area contributed by atoms with Crippen LogP contribution in [0.25, 0.3) is 10.9 Å². The third-order valence-electron chi connectivity index (χ3n) is 5.00. The Morgan fingerprint density at radius 1 is 1.26 bits per heavy atom. The van der Waals surface area contributed by atoms with E-state index in [0.29, 0.717) is 35.9 Å². The number of aromatic nitrogens is 3. The lowest BCUT2D eigenvalue weighted by Crippen LogP contribution is -2.25. The number of hydrogen-bond acceptors (Lipinski definition) is 7. The lowest BCUT2D eigenvalue weighted by molar-refractivity contribution is -0.114. The number of carbonyl (C=O) groups excluding carboxylic acids is 2. The molecule has 0 atom stereocenters. The predicted molar refractivity (Wildman–Crippen MR) is 114 cm³/mol. The first-order valence-electron chi connectivity index (χ1n) is 9.65. The molecule has 1 aromatic carbocycles. The van der Waals surface area contributed by atoms with Crippen LogP contribution in [0.5, 0.6) is 11.5 Å². The van der Waals surface area contributed by atoms with E-state index in [2.05, 4.69) is 25.6 Å². The Morgan fingerprint density at radius 2 is 2.06 bits per heavy atom. The average Bonchev–Trinajstić information content (AvgIpc) is 3.24. The number of hydrogen-bond donors (Lipinski definition) is 2. The van der Waals surface area contributed by atoms with Crippen LogP contribution in [0.3, 0.4) is 0 Å². The molecule has 0 unspecified atom stereocenters. The fourth-order valence-corrected chi connectivity index (χ4v) is 3.58. The van der Waals surface area contributed by atoms with Crippen molar-refractivity contribution in [1.29, 1.82) is 0 Å². The van der Waals surface area contributed by atoms with Crippen LogP contribution < -0.4 is 25.7 Å². The van der Waals surface area contributed by atoms with Crippen molar-refractivity contribution < 1.29 is 19.1 Å². The first-order valence-corrected chi connectivity index (χ1v) is 9.65. The number of nitrogens with one attached hydrogen (secondary N) is 2. The topological polar surface area (TPSA) is 120 Å². The van der Waals surface area contributed by atoms with E-state index in [9.17, 15) is 9.59 Å². The standard InChI is InChI=1S/C21H22N6O4/c1-11-15(30-3)9-14-17(18(11)31-4)25-21(27-8-7-22-19(14)27)26-20(29)13-5-6-16(23-10-13)24-12(2)28/h5-6,9-10,22H,7-8H2,1-4H3,(H,23,24,28). The smallest absolute Gasteiger partial charge is 0.281 e. The molecule has 0 saturated heterocycles. The molecule has 10 nitrogen and oxygen atoms in total. The van der Waals surface area contributed by atoms with Gasteiger partial charge in [-0.3, -0.25) is 14.2 Å². The monoisotopic (exact) mass is 422 g/mol. The Hall–Kier alpha value is -3.95. The van der Waals surface area contributed by atoms with E-state index in [1.807, 2.05) is 17.6 Å². The van der Waals surface area contributed by atoms with E-state index < -0.39 is 5.91 Å². The molecule has 3 heterocycles.